The van der Waals surface area contributed by atoms with Crippen LogP contribution in [0, 0.1) is 0 Å². The van der Waals surface area contributed by atoms with Gasteiger partial charge < -0.3 is 0 Å². The summed E-state index contributed by atoms with van der Waals surface area (Å²) in [6, 6.07) is 4.28. The van der Waals surface area contributed by atoms with Crippen molar-refractivity contribution in [1.29, 1.82) is 0 Å². The predicted molar refractivity (Wildman–Crippen MR) is 47.2 cm³/mol. The molecule has 0 bridgehead atoms. The zero-order chi connectivity index (χ0) is 7.61. The van der Waals surface area contributed by atoms with Gasteiger partial charge in [-0.05, 0) is 0 Å². The fraction of sp³-hybridized carbons (Fsp3) is 0.375. The van der Waals surface area contributed by atoms with E-state index in [0.717, 1.165) is 0 Å². The number of rotatable bonds is 1. The van der Waals surface area contributed by atoms with Crippen LogP contribution >= 0.6 is 0 Å². The van der Waals surface area contributed by atoms with E-state index in [9.17, 15) is 0 Å². The average Bonchev–Trinajstić information content (AvgIpc) is 1.88. The molecule has 0 spiro atoms. The molecule has 1 aromatic heterocycles. The van der Waals surface area contributed by atoms with Gasteiger partial charge >= 0.3 is 64.4 Å². The summed E-state index contributed by atoms with van der Waals surface area (Å²) in [6.07, 6.45) is 3.76. The Labute approximate surface area is 64.8 Å². The molecular weight excluding hydrogens is 183 g/mol. The first-order chi connectivity index (χ1) is 4.61. The number of nitrogens with zero attached hydrogens (tertiary/aromatic N) is 1. The fourth-order valence-electron chi connectivity index (χ4n) is 0.852. The molecule has 10 heavy (non-hydrogen) atoms. The monoisotopic (exact) mass is 197 g/mol. The van der Waals surface area contributed by atoms with Gasteiger partial charge in [-0.3, -0.25) is 0 Å². The second kappa shape index (κ2) is 2.74. The molecule has 0 amide bonds. The Hall–Kier alpha value is -0.307. The molecule has 0 radical (unpaired) electrons. The van der Waals surface area contributed by atoms with Crippen molar-refractivity contribution in [2.45, 2.75) is 17.3 Å². The van der Waals surface area contributed by atoms with Gasteiger partial charge in [-0.2, -0.15) is 0 Å². The van der Waals surface area contributed by atoms with Gasteiger partial charge in [0.25, 0.3) is 0 Å². The molecule has 1 nitrogen and oxygen atoms in total. The molecule has 0 aromatic carbocycles. The molecule has 0 aliphatic rings. The summed E-state index contributed by atoms with van der Waals surface area (Å²) in [5.41, 5.74) is 0. The van der Waals surface area contributed by atoms with E-state index in [1.807, 2.05) is 12.4 Å². The molecule has 0 saturated carbocycles. The van der Waals surface area contributed by atoms with Gasteiger partial charge in [0.1, 0.15) is 0 Å². The first kappa shape index (κ1) is 7.80. The Bertz CT molecular complexity index is 200. The van der Waals surface area contributed by atoms with Crippen LogP contribution in [0.1, 0.15) is 0 Å². The number of hydrogen-bond donors (Lipinski definition) is 0. The van der Waals surface area contributed by atoms with Crippen LogP contribution in [-0.4, -0.2) is 18.3 Å². The summed E-state index contributed by atoms with van der Waals surface area (Å²) >= 11 is -1.54. The maximum absolute atomic E-state index is 3.99. The topological polar surface area (TPSA) is 12.9 Å². The average molecular weight is 196 g/mol. The summed E-state index contributed by atoms with van der Waals surface area (Å²) in [4.78, 5) is 3.99. The van der Waals surface area contributed by atoms with Crippen molar-refractivity contribution in [3.63, 3.8) is 0 Å². The summed E-state index contributed by atoms with van der Waals surface area (Å²) in [5, 5.41) is 0. The summed E-state index contributed by atoms with van der Waals surface area (Å²) < 4.78 is 1.52. The second-order valence-electron chi connectivity index (χ2n) is 3.49. The molecule has 0 N–H and O–H groups in total. The van der Waals surface area contributed by atoms with E-state index in [2.05, 4.69) is 34.4 Å². The van der Waals surface area contributed by atoms with Crippen LogP contribution < -0.4 is 4.40 Å². The Morgan fingerprint density at radius 2 is 1.60 bits per heavy atom. The predicted octanol–water partition coefficient (Wildman–Crippen LogP) is 1.63. The third-order valence-corrected chi connectivity index (χ3v) is 5.88. The van der Waals surface area contributed by atoms with E-state index < -0.39 is 13.3 Å². The van der Waals surface area contributed by atoms with E-state index in [0.29, 0.717) is 0 Å². The van der Waals surface area contributed by atoms with E-state index in [1.165, 1.54) is 4.40 Å². The van der Waals surface area contributed by atoms with Crippen LogP contribution in [0.3, 0.4) is 0 Å². The van der Waals surface area contributed by atoms with E-state index >= 15 is 0 Å². The van der Waals surface area contributed by atoms with Gasteiger partial charge in [-0.1, -0.05) is 0 Å². The quantitative estimate of drug-likeness (QED) is 0.621. The Morgan fingerprint density at radius 1 is 1.10 bits per heavy atom. The molecule has 0 atom stereocenters. The number of aromatic nitrogens is 1. The maximum atomic E-state index is 3.99. The van der Waals surface area contributed by atoms with Crippen molar-refractivity contribution >= 4 is 17.7 Å². The van der Waals surface area contributed by atoms with Crippen LogP contribution in [0.4, 0.5) is 0 Å². The summed E-state index contributed by atoms with van der Waals surface area (Å²) in [5.74, 6) is 7.15. The molecular formula is C8H13GeN. The van der Waals surface area contributed by atoms with Gasteiger partial charge in [0, 0.05) is 0 Å². The van der Waals surface area contributed by atoms with Crippen molar-refractivity contribution in [3.05, 3.63) is 24.5 Å². The van der Waals surface area contributed by atoms with E-state index in [1.54, 1.807) is 0 Å². The minimum atomic E-state index is -1.54. The second-order valence-corrected chi connectivity index (χ2v) is 14.1. The van der Waals surface area contributed by atoms with Gasteiger partial charge in [0.15, 0.2) is 0 Å². The van der Waals surface area contributed by atoms with Crippen molar-refractivity contribution in [3.8, 4) is 0 Å². The molecule has 1 aromatic rings. The molecule has 0 unspecified atom stereocenters. The van der Waals surface area contributed by atoms with Gasteiger partial charge in [0.05, 0.1) is 0 Å². The minimum absolute atomic E-state index is 1.52. The van der Waals surface area contributed by atoms with Crippen LogP contribution in [0.15, 0.2) is 24.5 Å². The van der Waals surface area contributed by atoms with Crippen molar-refractivity contribution in [2.24, 2.45) is 0 Å². The first-order valence-electron chi connectivity index (χ1n) is 3.51. The normalized spacial score (nSPS) is 11.5. The molecule has 0 aliphatic heterocycles. The number of hydrogen-bond acceptors (Lipinski definition) is 1. The molecule has 2 heteroatoms. The Balaban J connectivity index is 2.97. The third kappa shape index (κ3) is 1.84. The fourth-order valence-corrected chi connectivity index (χ4v) is 3.26. The standard InChI is InChI=1S/C8H13GeN/c1-9(2,3)8-4-6-10-7-5-8/h4-7H,1-3H3. The van der Waals surface area contributed by atoms with E-state index in [4.69, 9.17) is 0 Å². The van der Waals surface area contributed by atoms with Gasteiger partial charge in [-0.25, -0.2) is 0 Å². The Kier molecular flexibility index (Phi) is 2.14. The van der Waals surface area contributed by atoms with Crippen LogP contribution in [-0.2, 0) is 0 Å². The zero-order valence-corrected chi connectivity index (χ0v) is 8.85. The summed E-state index contributed by atoms with van der Waals surface area (Å²) in [7, 11) is 0. The van der Waals surface area contributed by atoms with Crippen molar-refractivity contribution < 1.29 is 0 Å². The Morgan fingerprint density at radius 3 is 1.90 bits per heavy atom. The van der Waals surface area contributed by atoms with Crippen molar-refractivity contribution in [1.82, 2.24) is 4.98 Å². The van der Waals surface area contributed by atoms with Crippen LogP contribution in [0.5, 0.6) is 0 Å². The van der Waals surface area contributed by atoms with Crippen molar-refractivity contribution in [2.75, 3.05) is 0 Å². The zero-order valence-electron chi connectivity index (χ0n) is 6.76. The number of pyridine rings is 1. The SMILES string of the molecule is [CH3][Ge]([CH3])([CH3])[c]1ccncc1. The van der Waals surface area contributed by atoms with Gasteiger partial charge in [0.2, 0.25) is 0 Å². The molecule has 1 rings (SSSR count). The van der Waals surface area contributed by atoms with Crippen LogP contribution in [0.25, 0.3) is 0 Å². The molecule has 0 aliphatic carbocycles. The summed E-state index contributed by atoms with van der Waals surface area (Å²) in [6.45, 7) is 0. The molecule has 0 saturated heterocycles. The molecule has 0 fully saturated rings. The van der Waals surface area contributed by atoms with E-state index in [-0.39, 0.29) is 0 Å². The van der Waals surface area contributed by atoms with Crippen LogP contribution in [0.2, 0.25) is 17.3 Å². The van der Waals surface area contributed by atoms with Gasteiger partial charge in [-0.15, -0.1) is 0 Å². The third-order valence-electron chi connectivity index (χ3n) is 1.55. The molecule has 1 heterocycles. The first-order valence-corrected chi connectivity index (χ1v) is 10.9. The molecule has 54 valence electrons.